The maximum absolute atomic E-state index is 12.5. The number of carboxylic acid groups (broad SMARTS) is 1. The van der Waals surface area contributed by atoms with E-state index in [-0.39, 0.29) is 18.7 Å². The summed E-state index contributed by atoms with van der Waals surface area (Å²) in [5, 5.41) is 18.2. The number of aromatic nitrogens is 1. The fourth-order valence-corrected chi connectivity index (χ4v) is 3.97. The van der Waals surface area contributed by atoms with Crippen LogP contribution in [0.2, 0.25) is 0 Å². The molecule has 3 atom stereocenters. The van der Waals surface area contributed by atoms with E-state index in [1.165, 1.54) is 0 Å². The van der Waals surface area contributed by atoms with Gasteiger partial charge in [-0.15, -0.1) is 0 Å². The quantitative estimate of drug-likeness (QED) is 0.348. The zero-order chi connectivity index (χ0) is 23.4. The summed E-state index contributed by atoms with van der Waals surface area (Å²) in [7, 11) is 0. The van der Waals surface area contributed by atoms with Crippen molar-refractivity contribution in [2.24, 2.45) is 0 Å². The van der Waals surface area contributed by atoms with E-state index in [2.05, 4.69) is 20.9 Å². The molecule has 1 saturated heterocycles. The van der Waals surface area contributed by atoms with Crippen LogP contribution in [0.1, 0.15) is 17.5 Å². The Hall–Kier alpha value is -4.14. The van der Waals surface area contributed by atoms with Gasteiger partial charge in [-0.1, -0.05) is 48.5 Å². The van der Waals surface area contributed by atoms with E-state index in [0.29, 0.717) is 6.42 Å². The summed E-state index contributed by atoms with van der Waals surface area (Å²) in [5.41, 5.74) is 2.52. The molecule has 3 aromatic rings. The Bertz CT molecular complexity index is 1190. The Balaban J connectivity index is 1.35. The normalized spacial score (nSPS) is 18.9. The van der Waals surface area contributed by atoms with Crippen molar-refractivity contribution in [1.82, 2.24) is 20.9 Å². The van der Waals surface area contributed by atoms with Gasteiger partial charge in [-0.25, -0.2) is 4.79 Å². The van der Waals surface area contributed by atoms with E-state index in [1.54, 1.807) is 6.20 Å². The third kappa shape index (κ3) is 5.20. The lowest BCUT2D eigenvalue weighted by Gasteiger charge is -2.29. The van der Waals surface area contributed by atoms with Gasteiger partial charge in [0.25, 0.3) is 0 Å². The first kappa shape index (κ1) is 22.1. The van der Waals surface area contributed by atoms with Crippen LogP contribution in [-0.4, -0.2) is 51.9 Å². The second kappa shape index (κ2) is 9.56. The number of rotatable bonds is 8. The molecule has 0 radical (unpaired) electrons. The van der Waals surface area contributed by atoms with Gasteiger partial charge in [0.15, 0.2) is 0 Å². The summed E-state index contributed by atoms with van der Waals surface area (Å²) in [6, 6.07) is 13.8. The molecule has 9 nitrogen and oxygen atoms in total. The molecule has 2 aromatic carbocycles. The topological polar surface area (TPSA) is 140 Å². The van der Waals surface area contributed by atoms with Crippen LogP contribution in [0, 0.1) is 0 Å². The molecule has 1 aliphatic heterocycles. The van der Waals surface area contributed by atoms with Crippen LogP contribution in [0.25, 0.3) is 10.9 Å². The predicted octanol–water partition coefficient (Wildman–Crippen LogP) is 0.896. The lowest BCUT2D eigenvalue weighted by atomic mass is 10.0. The Morgan fingerprint density at radius 1 is 0.939 bits per heavy atom. The van der Waals surface area contributed by atoms with E-state index in [4.69, 9.17) is 0 Å². The number of benzene rings is 2. The molecule has 33 heavy (non-hydrogen) atoms. The molecule has 0 unspecified atom stereocenters. The smallest absolute Gasteiger partial charge is 0.326 e. The lowest BCUT2D eigenvalue weighted by Crippen LogP contribution is -2.63. The Morgan fingerprint density at radius 2 is 1.61 bits per heavy atom. The molecule has 1 fully saturated rings. The molecule has 3 amide bonds. The van der Waals surface area contributed by atoms with Gasteiger partial charge >= 0.3 is 5.97 Å². The van der Waals surface area contributed by atoms with Gasteiger partial charge in [-0.3, -0.25) is 14.4 Å². The fraction of sp³-hybridized carbons (Fsp3) is 0.250. The zero-order valence-corrected chi connectivity index (χ0v) is 17.7. The second-order valence-corrected chi connectivity index (χ2v) is 8.04. The second-order valence-electron chi connectivity index (χ2n) is 8.04. The van der Waals surface area contributed by atoms with E-state index >= 15 is 0 Å². The molecule has 0 saturated carbocycles. The number of fused-ring (bicyclic) bond motifs is 1. The predicted molar refractivity (Wildman–Crippen MR) is 120 cm³/mol. The summed E-state index contributed by atoms with van der Waals surface area (Å²) < 4.78 is 0. The van der Waals surface area contributed by atoms with Gasteiger partial charge in [-0.2, -0.15) is 0 Å². The van der Waals surface area contributed by atoms with Crippen molar-refractivity contribution >= 4 is 34.6 Å². The highest BCUT2D eigenvalue weighted by molar-refractivity contribution is 5.99. The SMILES string of the molecule is O=C(C[C@@H]1NC(=O)[C@H](Cc2ccccc2)NC1=O)N[C@H](Cc1c[nH]c2ccccc12)C(=O)O. The van der Waals surface area contributed by atoms with E-state index < -0.39 is 35.9 Å². The maximum atomic E-state index is 12.5. The van der Waals surface area contributed by atoms with Crippen molar-refractivity contribution in [2.45, 2.75) is 37.4 Å². The van der Waals surface area contributed by atoms with Gasteiger partial charge in [-0.05, 0) is 17.2 Å². The first-order valence-corrected chi connectivity index (χ1v) is 10.6. The highest BCUT2D eigenvalue weighted by atomic mass is 16.4. The highest BCUT2D eigenvalue weighted by Crippen LogP contribution is 2.19. The maximum Gasteiger partial charge on any atom is 0.326 e. The Kier molecular flexibility index (Phi) is 6.39. The van der Waals surface area contributed by atoms with Crippen LogP contribution in [0.4, 0.5) is 0 Å². The van der Waals surface area contributed by atoms with Gasteiger partial charge < -0.3 is 26.0 Å². The van der Waals surface area contributed by atoms with Crippen molar-refractivity contribution < 1.29 is 24.3 Å². The minimum absolute atomic E-state index is 0.0768. The number of carbonyl (C=O) groups excluding carboxylic acids is 3. The van der Waals surface area contributed by atoms with Gasteiger partial charge in [0, 0.05) is 29.9 Å². The Labute approximate surface area is 189 Å². The van der Waals surface area contributed by atoms with E-state index in [0.717, 1.165) is 22.0 Å². The number of H-pyrrole nitrogens is 1. The number of hydrogen-bond acceptors (Lipinski definition) is 4. The minimum Gasteiger partial charge on any atom is -0.480 e. The molecule has 1 aliphatic rings. The van der Waals surface area contributed by atoms with Gasteiger partial charge in [0.2, 0.25) is 17.7 Å². The van der Waals surface area contributed by atoms with Crippen molar-refractivity contribution in [3.63, 3.8) is 0 Å². The molecule has 170 valence electrons. The van der Waals surface area contributed by atoms with Gasteiger partial charge in [0.1, 0.15) is 18.1 Å². The van der Waals surface area contributed by atoms with Crippen LogP contribution >= 0.6 is 0 Å². The number of carbonyl (C=O) groups is 4. The van der Waals surface area contributed by atoms with Crippen LogP contribution in [-0.2, 0) is 32.0 Å². The third-order valence-corrected chi connectivity index (χ3v) is 5.67. The number of nitrogens with one attached hydrogen (secondary N) is 4. The summed E-state index contributed by atoms with van der Waals surface area (Å²) >= 11 is 0. The highest BCUT2D eigenvalue weighted by Gasteiger charge is 2.35. The van der Waals surface area contributed by atoms with E-state index in [9.17, 15) is 24.3 Å². The molecule has 9 heteroatoms. The molecule has 0 bridgehead atoms. The van der Waals surface area contributed by atoms with Crippen molar-refractivity contribution in [3.8, 4) is 0 Å². The average Bonchev–Trinajstić information content (AvgIpc) is 3.20. The molecule has 4 rings (SSSR count). The number of carboxylic acids is 1. The van der Waals surface area contributed by atoms with Crippen LogP contribution < -0.4 is 16.0 Å². The van der Waals surface area contributed by atoms with Crippen LogP contribution in [0.3, 0.4) is 0 Å². The molecular formula is C24H24N4O5. The molecule has 2 heterocycles. The summed E-state index contributed by atoms with van der Waals surface area (Å²) in [5.74, 6) is -2.68. The molecule has 5 N–H and O–H groups in total. The summed E-state index contributed by atoms with van der Waals surface area (Å²) in [6.07, 6.45) is 1.78. The zero-order valence-electron chi connectivity index (χ0n) is 17.7. The molecule has 1 aromatic heterocycles. The van der Waals surface area contributed by atoms with Crippen molar-refractivity contribution in [2.75, 3.05) is 0 Å². The number of amides is 3. The summed E-state index contributed by atoms with van der Waals surface area (Å²) in [6.45, 7) is 0. The van der Waals surface area contributed by atoms with Gasteiger partial charge in [0.05, 0.1) is 6.42 Å². The molecule has 0 aliphatic carbocycles. The Morgan fingerprint density at radius 3 is 2.36 bits per heavy atom. The average molecular weight is 448 g/mol. The number of para-hydroxylation sites is 1. The monoisotopic (exact) mass is 448 g/mol. The first-order chi connectivity index (χ1) is 15.9. The standard InChI is InChI=1S/C24H24N4O5/c29-21(26-20(24(32)33)11-15-13-25-17-9-5-4-8-16(15)17)12-19-23(31)27-18(22(30)28-19)10-14-6-2-1-3-7-14/h1-9,13,18-20,25H,10-12H2,(H,26,29)(H,27,31)(H,28,30)(H,32,33)/t18-,19-,20+/m0/s1. The largest absolute Gasteiger partial charge is 0.480 e. The lowest BCUT2D eigenvalue weighted by molar-refractivity contribution is -0.142. The van der Waals surface area contributed by atoms with Crippen molar-refractivity contribution in [1.29, 1.82) is 0 Å². The number of piperazine rings is 1. The first-order valence-electron chi connectivity index (χ1n) is 10.6. The van der Waals surface area contributed by atoms with E-state index in [1.807, 2.05) is 54.6 Å². The third-order valence-electron chi connectivity index (χ3n) is 5.67. The molecule has 0 spiro atoms. The fourth-order valence-electron chi connectivity index (χ4n) is 3.97. The number of aromatic amines is 1. The number of hydrogen-bond donors (Lipinski definition) is 5. The molecular weight excluding hydrogens is 424 g/mol. The van der Waals surface area contributed by atoms with Crippen molar-refractivity contribution in [3.05, 3.63) is 71.9 Å². The number of aliphatic carboxylic acids is 1. The summed E-state index contributed by atoms with van der Waals surface area (Å²) in [4.78, 5) is 52.3. The minimum atomic E-state index is -1.19. The van der Waals surface area contributed by atoms with Crippen LogP contribution in [0.5, 0.6) is 0 Å². The van der Waals surface area contributed by atoms with Crippen LogP contribution in [0.15, 0.2) is 60.8 Å².